The van der Waals surface area contributed by atoms with Gasteiger partial charge >= 0.3 is 11.9 Å². The molecule has 12 aromatic rings. The lowest BCUT2D eigenvalue weighted by molar-refractivity contribution is 0.0686. The number of terminal acetylenes is 3. The Morgan fingerprint density at radius 3 is 1.21 bits per heavy atom. The lowest BCUT2D eigenvalue weighted by Gasteiger charge is -2.02. The lowest BCUT2D eigenvalue weighted by atomic mass is 10.1. The van der Waals surface area contributed by atoms with Crippen LogP contribution in [0.4, 0.5) is 0 Å². The summed E-state index contributed by atoms with van der Waals surface area (Å²) in [5.74, 6) is 12.3. The lowest BCUT2D eigenvalue weighted by Crippen LogP contribution is -2.16. The zero-order chi connectivity index (χ0) is 61.7. The largest absolute Gasteiger partial charge is 0.478 e. The molecule has 10 heterocycles. The third-order valence-corrected chi connectivity index (χ3v) is 14.3. The van der Waals surface area contributed by atoms with Gasteiger partial charge in [0.2, 0.25) is 0 Å². The fourth-order valence-corrected chi connectivity index (χ4v) is 7.88. The number of rotatable bonds is 2. The molecule has 0 radical (unpaired) electrons. The van der Waals surface area contributed by atoms with Crippen LogP contribution in [-0.4, -0.2) is 111 Å². The number of hydrogen-bond donors (Lipinski definition) is 2. The first-order valence-electron chi connectivity index (χ1n) is 25.5. The highest BCUT2D eigenvalue weighted by Gasteiger charge is 2.10. The minimum Gasteiger partial charge on any atom is -0.478 e. The molecule has 0 atom stereocenters. The molecule has 0 aliphatic rings. The third kappa shape index (κ3) is 19.0. The van der Waals surface area contributed by atoms with E-state index in [0.717, 1.165) is 53.2 Å². The number of fused-ring (bicyclic) bond motifs is 5. The van der Waals surface area contributed by atoms with Gasteiger partial charge in [0, 0.05) is 40.1 Å². The van der Waals surface area contributed by atoms with E-state index < -0.39 is 28.1 Å². The van der Waals surface area contributed by atoms with Gasteiger partial charge in [-0.15, -0.1) is 30.4 Å². The monoisotopic (exact) mass is 1340 g/mol. The van der Waals surface area contributed by atoms with Crippen molar-refractivity contribution in [1.82, 2.24) is 73.0 Å². The summed E-state index contributed by atoms with van der Waals surface area (Å²) in [7, 11) is -2.43. The van der Waals surface area contributed by atoms with E-state index in [2.05, 4.69) is 169 Å². The maximum Gasteiger partial charge on any atom is 0.335 e. The Morgan fingerprint density at radius 1 is 0.482 bits per heavy atom. The molecule has 0 aliphatic heterocycles. The van der Waals surface area contributed by atoms with Gasteiger partial charge in [0.05, 0.1) is 42.1 Å². The number of halogens is 2. The molecule has 0 amide bonds. The van der Waals surface area contributed by atoms with Crippen LogP contribution in [0.15, 0.2) is 164 Å². The Labute approximate surface area is 515 Å². The number of carbonyl (C=O) groups is 2. The summed E-state index contributed by atoms with van der Waals surface area (Å²) in [6, 6.07) is 28.5. The molecule has 0 spiro atoms. The third-order valence-electron chi connectivity index (χ3n) is 10.9. The number of nitrogens with zero attached hydrogens (tertiary/aromatic N) is 15. The van der Waals surface area contributed by atoms with E-state index in [9.17, 15) is 9.59 Å². The second-order valence-corrected chi connectivity index (χ2v) is 31.2. The average molecular weight is 1340 g/mol. The van der Waals surface area contributed by atoms with Gasteiger partial charge in [-0.05, 0) is 166 Å². The van der Waals surface area contributed by atoms with Crippen LogP contribution >= 0.6 is 38.5 Å². The Balaban J connectivity index is 0.000000163. The normalized spacial score (nSPS) is 10.2. The van der Waals surface area contributed by atoms with Crippen LogP contribution in [0.25, 0.3) is 28.2 Å². The van der Waals surface area contributed by atoms with Crippen LogP contribution in [0, 0.1) is 77.4 Å². The SMILES string of the molecule is Brc1cnc2cccnn12.C#C[Si](C)(C)C.C#Cc1cnc2cccnn12.C#Cc1cnc2cccnn12.C[Si](C)(C)C#Cc1cnc2cccnn12.Cc1ccc(C(=O)O)cc1C#Cc1cnc2cccnn12.Cc1ccc(C(=O)O)cc1I. The van der Waals surface area contributed by atoms with Gasteiger partial charge in [-0.1, -0.05) is 63.3 Å². The number of aromatic nitrogens is 15. The highest BCUT2D eigenvalue weighted by molar-refractivity contribution is 14.1. The molecule has 23 heteroatoms. The summed E-state index contributed by atoms with van der Waals surface area (Å²) >= 11 is 5.42. The second kappa shape index (κ2) is 30.3. The van der Waals surface area contributed by atoms with Crippen LogP contribution in [0.1, 0.15) is 60.2 Å². The topological polar surface area (TPSA) is 226 Å². The summed E-state index contributed by atoms with van der Waals surface area (Å²) in [5, 5.41) is 38.1. The van der Waals surface area contributed by atoms with Gasteiger partial charge in [0.1, 0.15) is 43.5 Å². The van der Waals surface area contributed by atoms with Crippen molar-refractivity contribution < 1.29 is 19.8 Å². The Morgan fingerprint density at radius 2 is 0.835 bits per heavy atom. The molecule has 0 unspecified atom stereocenters. The maximum absolute atomic E-state index is 11.0. The molecule has 2 aromatic carbocycles. The molecule has 12 rings (SSSR count). The number of carboxylic acid groups (broad SMARTS) is 2. The van der Waals surface area contributed by atoms with Crippen molar-refractivity contribution in [3.63, 3.8) is 0 Å². The first kappa shape index (κ1) is 64.1. The molecule has 0 saturated carbocycles. The summed E-state index contributed by atoms with van der Waals surface area (Å²) < 4.78 is 10.3. The number of aryl methyl sites for hydroxylation is 2. The Kier molecular flexibility index (Phi) is 22.8. The van der Waals surface area contributed by atoms with Gasteiger partial charge < -0.3 is 10.2 Å². The van der Waals surface area contributed by atoms with Crippen molar-refractivity contribution in [3.05, 3.63) is 218 Å². The fourth-order valence-electron chi connectivity index (χ4n) is 6.48. The van der Waals surface area contributed by atoms with Gasteiger partial charge in [0.25, 0.3) is 0 Å². The minimum atomic E-state index is -1.33. The van der Waals surface area contributed by atoms with E-state index >= 15 is 0 Å². The van der Waals surface area contributed by atoms with E-state index in [-0.39, 0.29) is 5.56 Å². The summed E-state index contributed by atoms with van der Waals surface area (Å²) in [6.45, 7) is 16.9. The van der Waals surface area contributed by atoms with Crippen LogP contribution in [-0.2, 0) is 0 Å². The maximum atomic E-state index is 11.0. The van der Waals surface area contributed by atoms with Crippen molar-refractivity contribution >= 4 is 94.8 Å². The summed E-state index contributed by atoms with van der Waals surface area (Å²) in [4.78, 5) is 42.1. The number of hydrogen-bond acceptors (Lipinski definition) is 12. The molecule has 0 aliphatic carbocycles. The van der Waals surface area contributed by atoms with E-state index in [1.165, 1.54) is 0 Å². The zero-order valence-electron chi connectivity index (χ0n) is 47.4. The first-order valence-corrected chi connectivity index (χ1v) is 34.4. The van der Waals surface area contributed by atoms with Crippen molar-refractivity contribution in [2.45, 2.75) is 53.1 Å². The Hall–Kier alpha value is -10.1. The van der Waals surface area contributed by atoms with Gasteiger partial charge in [-0.25, -0.2) is 57.1 Å². The van der Waals surface area contributed by atoms with Gasteiger partial charge in [-0.2, -0.15) is 25.5 Å². The minimum absolute atomic E-state index is 0.223. The second-order valence-electron chi connectivity index (χ2n) is 19.7. The van der Waals surface area contributed by atoms with Crippen molar-refractivity contribution in [2.75, 3.05) is 0 Å². The number of benzene rings is 2. The van der Waals surface area contributed by atoms with E-state index in [4.69, 9.17) is 29.5 Å². The summed E-state index contributed by atoms with van der Waals surface area (Å²) in [5.41, 5.74) is 16.2. The molecule has 10 aromatic heterocycles. The van der Waals surface area contributed by atoms with E-state index in [1.54, 1.807) is 121 Å². The van der Waals surface area contributed by atoms with Crippen LogP contribution in [0.5, 0.6) is 0 Å². The Bertz CT molecular complexity index is 4480. The smallest absolute Gasteiger partial charge is 0.335 e. The molecular weight excluding hydrogens is 1280 g/mol. The van der Waals surface area contributed by atoms with Gasteiger partial charge in [-0.3, -0.25) is 0 Å². The van der Waals surface area contributed by atoms with Crippen molar-refractivity contribution in [2.24, 2.45) is 0 Å². The molecule has 0 saturated heterocycles. The summed E-state index contributed by atoms with van der Waals surface area (Å²) in [6.07, 6.45) is 32.4. The highest BCUT2D eigenvalue weighted by Crippen LogP contribution is 2.14. The molecule has 0 fully saturated rings. The molecule has 2 N–H and O–H groups in total. The van der Waals surface area contributed by atoms with E-state index in [0.29, 0.717) is 28.2 Å². The molecule has 0 bridgehead atoms. The predicted octanol–water partition coefficient (Wildman–Crippen LogP) is 10.8. The van der Waals surface area contributed by atoms with Crippen LogP contribution in [0.3, 0.4) is 0 Å². The average Bonchev–Trinajstić information content (AvgIpc) is 4.49. The highest BCUT2D eigenvalue weighted by atomic mass is 127. The quantitative estimate of drug-likeness (QED) is 0.0933. The molecular formula is C62H55BrIN15O4Si2. The number of aromatic carboxylic acids is 2. The van der Waals surface area contributed by atoms with Crippen LogP contribution < -0.4 is 0 Å². The standard InChI is InChI=1S/C16H11N3O2.C11H13N3Si.C8H7IO2.2C8H5N3.C6H4BrN3.C5H10Si/c1-11-4-5-13(16(20)21)9-12(11)6-7-14-10-17-15-3-2-8-18-19(14)15;1-15(2,3)8-6-10-9-12-11-5-4-7-13-14(10)11;1-5-2-3-6(8(10)11)4-7(5)9;2*1-2-7-6-9-8-4-3-5-10-11(7)8;7-5-4-8-6-2-1-3-9-10(5)6;1-5-6(2,3)4/h2-5,8-10H,1H3,(H,20,21);4-5,7,9H,1-3H3;2-4H,1H3,(H,10,11);2*1,3-6H;1-4H;1H,2-4H3. The molecule has 424 valence electrons. The molecule has 85 heavy (non-hydrogen) atoms. The van der Waals surface area contributed by atoms with Gasteiger partial charge in [0.15, 0.2) is 28.2 Å². The zero-order valence-corrected chi connectivity index (χ0v) is 53.2. The van der Waals surface area contributed by atoms with Crippen molar-refractivity contribution in [1.29, 1.82) is 0 Å². The van der Waals surface area contributed by atoms with Crippen molar-refractivity contribution in [3.8, 4) is 60.0 Å². The number of carboxylic acids is 2. The first-order chi connectivity index (χ1) is 40.6. The predicted molar refractivity (Wildman–Crippen MR) is 346 cm³/mol. The fraction of sp³-hybridized carbons (Fsp3) is 0.129. The number of imidazole rings is 5. The van der Waals surface area contributed by atoms with E-state index in [1.807, 2.05) is 74.5 Å². The molecule has 19 nitrogen and oxygen atoms in total. The van der Waals surface area contributed by atoms with Crippen LogP contribution in [0.2, 0.25) is 39.3 Å².